The fourth-order valence-electron chi connectivity index (χ4n) is 5.20. The first-order valence-electron chi connectivity index (χ1n) is 15.1. The van der Waals surface area contributed by atoms with Gasteiger partial charge in [0.1, 0.15) is 18.6 Å². The van der Waals surface area contributed by atoms with E-state index in [1.807, 2.05) is 22.7 Å². The van der Waals surface area contributed by atoms with Crippen LogP contribution in [0.1, 0.15) is 60.8 Å². The Labute approximate surface area is 276 Å². The molecule has 1 aliphatic rings. The van der Waals surface area contributed by atoms with Crippen molar-refractivity contribution >= 4 is 31.7 Å². The predicted molar refractivity (Wildman–Crippen MR) is 181 cm³/mol. The second-order valence-corrected chi connectivity index (χ2v) is 19.1. The standard InChI is InChI=1S/C33H42F3N5O4S2/c1-22-24(10-9-11-27(22)33(34,35)36)17-30-29(20-45-46(7,8)32(2,3)4)38-31-26(28-19-40(21-37-28)47(42,43)39(5)6)16-25(18-41(30)31)23-12-14-44-15-13-23/h9-12,16,18-19,21H,13-15,17,20H2,1-8H3. The van der Waals surface area contributed by atoms with Crippen LogP contribution in [0.2, 0.25) is 0 Å². The van der Waals surface area contributed by atoms with E-state index >= 15 is 0 Å². The van der Waals surface area contributed by atoms with E-state index in [9.17, 15) is 21.6 Å². The zero-order chi connectivity index (χ0) is 34.5. The number of rotatable bonds is 9. The number of benzene rings is 1. The molecule has 47 heavy (non-hydrogen) atoms. The largest absolute Gasteiger partial charge is 0.416 e. The Bertz CT molecular complexity index is 1940. The molecule has 3 aromatic heterocycles. The van der Waals surface area contributed by atoms with Crippen LogP contribution >= 0.6 is 10.3 Å². The Balaban J connectivity index is 1.76. The number of nitrogens with zero attached hydrogens (tertiary/aromatic N) is 5. The molecule has 0 fully saturated rings. The van der Waals surface area contributed by atoms with Crippen LogP contribution in [0.15, 0.2) is 49.1 Å². The second-order valence-electron chi connectivity index (χ2n) is 13.1. The van der Waals surface area contributed by atoms with Gasteiger partial charge in [-0.05, 0) is 60.3 Å². The minimum Gasteiger partial charge on any atom is -0.377 e. The molecule has 256 valence electrons. The number of halogens is 3. The third-order valence-corrected chi connectivity index (χ3v) is 14.2. The normalized spacial score (nSPS) is 15.4. The van der Waals surface area contributed by atoms with E-state index in [4.69, 9.17) is 13.9 Å². The van der Waals surface area contributed by atoms with Crippen molar-refractivity contribution < 1.29 is 30.5 Å². The van der Waals surface area contributed by atoms with Gasteiger partial charge in [0, 0.05) is 43.2 Å². The number of fused-ring (bicyclic) bond motifs is 1. The van der Waals surface area contributed by atoms with E-state index in [0.29, 0.717) is 53.5 Å². The summed E-state index contributed by atoms with van der Waals surface area (Å²) in [5, 5.41) is 0. The number of alkyl halides is 3. The molecule has 9 nitrogen and oxygen atoms in total. The number of aromatic nitrogens is 4. The summed E-state index contributed by atoms with van der Waals surface area (Å²) < 4.78 is 83.6. The van der Waals surface area contributed by atoms with Crippen LogP contribution in [0.5, 0.6) is 0 Å². The molecule has 0 atom stereocenters. The van der Waals surface area contributed by atoms with Gasteiger partial charge in [0.05, 0.1) is 35.9 Å². The molecule has 4 heterocycles. The quantitative estimate of drug-likeness (QED) is 0.190. The number of pyridine rings is 1. The van der Waals surface area contributed by atoms with Crippen LogP contribution in [0.3, 0.4) is 0 Å². The van der Waals surface area contributed by atoms with E-state index in [1.54, 1.807) is 6.07 Å². The second kappa shape index (κ2) is 12.7. The molecule has 0 spiro atoms. The molecule has 14 heteroatoms. The summed E-state index contributed by atoms with van der Waals surface area (Å²) in [5.74, 6) is 0. The number of hydrogen-bond acceptors (Lipinski definition) is 6. The van der Waals surface area contributed by atoms with Gasteiger partial charge in [-0.2, -0.15) is 25.9 Å². The molecule has 0 saturated heterocycles. The summed E-state index contributed by atoms with van der Waals surface area (Å²) in [6, 6.07) is 6.17. The van der Waals surface area contributed by atoms with E-state index < -0.39 is 32.3 Å². The molecule has 0 unspecified atom stereocenters. The number of hydrogen-bond donors (Lipinski definition) is 0. The summed E-state index contributed by atoms with van der Waals surface area (Å²) in [6.07, 6.45) is 7.12. The third-order valence-electron chi connectivity index (χ3n) is 8.87. The Kier molecular flexibility index (Phi) is 9.49. The van der Waals surface area contributed by atoms with Crippen molar-refractivity contribution in [2.24, 2.45) is 0 Å². The molecule has 1 aromatic carbocycles. The van der Waals surface area contributed by atoms with E-state index in [-0.39, 0.29) is 23.3 Å². The highest BCUT2D eigenvalue weighted by Gasteiger charge is 2.34. The van der Waals surface area contributed by atoms with E-state index in [1.165, 1.54) is 39.6 Å². The number of imidazole rings is 2. The maximum Gasteiger partial charge on any atom is 0.416 e. The van der Waals surface area contributed by atoms with Crippen molar-refractivity contribution in [1.29, 1.82) is 0 Å². The van der Waals surface area contributed by atoms with Gasteiger partial charge in [-0.15, -0.1) is 10.3 Å². The monoisotopic (exact) mass is 693 g/mol. The topological polar surface area (TPSA) is 91.0 Å². The Hall–Kier alpha value is -3.17. The van der Waals surface area contributed by atoms with Crippen LogP contribution in [-0.2, 0) is 38.3 Å². The third kappa shape index (κ3) is 7.02. The lowest BCUT2D eigenvalue weighted by molar-refractivity contribution is -0.138. The fourth-order valence-corrected chi connectivity index (χ4v) is 6.73. The highest BCUT2D eigenvalue weighted by molar-refractivity contribution is 8.29. The van der Waals surface area contributed by atoms with Crippen LogP contribution in [0.25, 0.3) is 22.5 Å². The zero-order valence-electron chi connectivity index (χ0n) is 28.0. The SMILES string of the molecule is Cc1c(Cc2c(COS(C)(C)C(C)(C)C)nc3c(-c4cn(S(=O)(=O)N(C)C)cn4)cc(C4=CCOCC4)cn23)cccc1C(F)(F)F. The fraction of sp³-hybridized carbons (Fsp3) is 0.455. The van der Waals surface area contributed by atoms with Gasteiger partial charge in [-0.1, -0.05) is 39.0 Å². The lowest BCUT2D eigenvalue weighted by atomic mass is 9.97. The Morgan fingerprint density at radius 1 is 1.11 bits per heavy atom. The van der Waals surface area contributed by atoms with Crippen molar-refractivity contribution in [3.63, 3.8) is 0 Å². The van der Waals surface area contributed by atoms with Crippen LogP contribution < -0.4 is 0 Å². The maximum absolute atomic E-state index is 13.9. The van der Waals surface area contributed by atoms with Crippen LogP contribution in [0.4, 0.5) is 13.2 Å². The van der Waals surface area contributed by atoms with Crippen molar-refractivity contribution in [2.45, 2.75) is 58.1 Å². The average Bonchev–Trinajstić information content (AvgIpc) is 3.62. The van der Waals surface area contributed by atoms with Crippen LogP contribution in [0, 0.1) is 6.92 Å². The highest BCUT2D eigenvalue weighted by Crippen LogP contribution is 2.54. The van der Waals surface area contributed by atoms with E-state index in [2.05, 4.69) is 38.3 Å². The van der Waals surface area contributed by atoms with Gasteiger partial charge >= 0.3 is 16.4 Å². The molecular formula is C33H42F3N5O4S2. The van der Waals surface area contributed by atoms with Crippen molar-refractivity contribution in [3.8, 4) is 11.3 Å². The van der Waals surface area contributed by atoms with Crippen molar-refractivity contribution in [1.82, 2.24) is 22.6 Å². The Morgan fingerprint density at radius 2 is 1.83 bits per heavy atom. The summed E-state index contributed by atoms with van der Waals surface area (Å²) >= 11 is 0. The smallest absolute Gasteiger partial charge is 0.377 e. The minimum atomic E-state index is -4.49. The summed E-state index contributed by atoms with van der Waals surface area (Å²) in [6.45, 7) is 8.96. The zero-order valence-corrected chi connectivity index (χ0v) is 29.6. The predicted octanol–water partition coefficient (Wildman–Crippen LogP) is 6.87. The van der Waals surface area contributed by atoms with Gasteiger partial charge in [-0.25, -0.2) is 13.9 Å². The average molecular weight is 694 g/mol. The molecule has 5 rings (SSSR count). The lowest BCUT2D eigenvalue weighted by Gasteiger charge is -2.43. The molecule has 0 bridgehead atoms. The molecule has 0 radical (unpaired) electrons. The van der Waals surface area contributed by atoms with Gasteiger partial charge in [0.25, 0.3) is 0 Å². The van der Waals surface area contributed by atoms with Gasteiger partial charge in [0.2, 0.25) is 0 Å². The first-order chi connectivity index (χ1) is 21.8. The minimum absolute atomic E-state index is 0.136. The van der Waals surface area contributed by atoms with Gasteiger partial charge in [0.15, 0.2) is 0 Å². The molecule has 0 amide bonds. The van der Waals surface area contributed by atoms with Gasteiger partial charge in [-0.3, -0.25) is 0 Å². The van der Waals surface area contributed by atoms with Gasteiger partial charge < -0.3 is 13.3 Å². The molecule has 1 aliphatic heterocycles. The van der Waals surface area contributed by atoms with Crippen LogP contribution in [-0.4, -0.2) is 75.6 Å². The first kappa shape index (κ1) is 35.1. The Morgan fingerprint density at radius 3 is 2.45 bits per heavy atom. The summed E-state index contributed by atoms with van der Waals surface area (Å²) in [7, 11) is -2.52. The summed E-state index contributed by atoms with van der Waals surface area (Å²) in [5.41, 5.74) is 4.61. The molecule has 0 aliphatic carbocycles. The highest BCUT2D eigenvalue weighted by atomic mass is 32.3. The lowest BCUT2D eigenvalue weighted by Crippen LogP contribution is -2.27. The van der Waals surface area contributed by atoms with E-state index in [0.717, 1.165) is 25.5 Å². The molecule has 4 aromatic rings. The molecular weight excluding hydrogens is 652 g/mol. The summed E-state index contributed by atoms with van der Waals surface area (Å²) in [4.78, 5) is 9.51. The van der Waals surface area contributed by atoms with Crippen molar-refractivity contribution in [3.05, 3.63) is 82.7 Å². The first-order valence-corrected chi connectivity index (χ1v) is 18.9. The molecule has 0 saturated carbocycles. The maximum atomic E-state index is 13.9. The molecule has 0 N–H and O–H groups in total. The number of ether oxygens (including phenoxy) is 1. The van der Waals surface area contributed by atoms with Crippen molar-refractivity contribution in [2.75, 3.05) is 39.8 Å².